The first-order chi connectivity index (χ1) is 13.7. The van der Waals surface area contributed by atoms with Gasteiger partial charge in [0.25, 0.3) is 0 Å². The largest absolute Gasteiger partial charge is 0.481 e. The molecule has 7 nitrogen and oxygen atoms in total. The molecule has 0 spiro atoms. The smallest absolute Gasteiger partial charge is 0.433 e. The molecular weight excluding hydrogens is 387 g/mol. The van der Waals surface area contributed by atoms with E-state index in [1.54, 1.807) is 24.5 Å². The van der Waals surface area contributed by atoms with Gasteiger partial charge in [-0.1, -0.05) is 6.07 Å². The highest BCUT2D eigenvalue weighted by Gasteiger charge is 2.32. The number of aliphatic carboxylic acids is 1. The topological polar surface area (TPSA) is 101 Å². The molecule has 0 fully saturated rings. The van der Waals surface area contributed by atoms with Gasteiger partial charge in [-0.2, -0.15) is 13.2 Å². The normalized spacial score (nSPS) is 11.3. The first kappa shape index (κ1) is 20.2. The van der Waals surface area contributed by atoms with Gasteiger partial charge < -0.3 is 10.4 Å². The molecule has 2 aromatic heterocycles. The second kappa shape index (κ2) is 8.21. The van der Waals surface area contributed by atoms with Gasteiger partial charge in [-0.3, -0.25) is 4.79 Å². The zero-order valence-corrected chi connectivity index (χ0v) is 15.2. The molecule has 0 aliphatic heterocycles. The van der Waals surface area contributed by atoms with E-state index in [0.29, 0.717) is 17.1 Å². The Labute approximate surface area is 163 Å². The number of carbonyl (C=O) groups is 1. The number of aromatic nitrogens is 4. The van der Waals surface area contributed by atoms with Crippen LogP contribution in [0.15, 0.2) is 42.9 Å². The Morgan fingerprint density at radius 2 is 1.83 bits per heavy atom. The summed E-state index contributed by atoms with van der Waals surface area (Å²) in [6, 6.07) is 6.13. The van der Waals surface area contributed by atoms with E-state index in [1.165, 1.54) is 0 Å². The minimum Gasteiger partial charge on any atom is -0.481 e. The third-order valence-corrected chi connectivity index (χ3v) is 3.88. The lowest BCUT2D eigenvalue weighted by Gasteiger charge is -2.11. The van der Waals surface area contributed by atoms with Crippen molar-refractivity contribution in [3.63, 3.8) is 0 Å². The van der Waals surface area contributed by atoms with E-state index in [9.17, 15) is 18.0 Å². The summed E-state index contributed by atoms with van der Waals surface area (Å²) in [5, 5.41) is 11.5. The molecule has 29 heavy (non-hydrogen) atoms. The quantitative estimate of drug-likeness (QED) is 0.641. The van der Waals surface area contributed by atoms with Crippen LogP contribution < -0.4 is 5.32 Å². The average Bonchev–Trinajstić information content (AvgIpc) is 2.66. The lowest BCUT2D eigenvalue weighted by Crippen LogP contribution is -2.10. The van der Waals surface area contributed by atoms with Crippen LogP contribution >= 0.6 is 0 Å². The van der Waals surface area contributed by atoms with Gasteiger partial charge in [-0.05, 0) is 36.2 Å². The van der Waals surface area contributed by atoms with Crippen molar-refractivity contribution in [1.29, 1.82) is 0 Å². The lowest BCUT2D eigenvalue weighted by molar-refractivity contribution is -0.141. The number of halogens is 3. The van der Waals surface area contributed by atoms with Gasteiger partial charge in [0.15, 0.2) is 0 Å². The van der Waals surface area contributed by atoms with Gasteiger partial charge in [0, 0.05) is 36.3 Å². The van der Waals surface area contributed by atoms with Crippen molar-refractivity contribution >= 4 is 17.6 Å². The second-order valence-electron chi connectivity index (χ2n) is 6.26. The molecule has 10 heteroatoms. The van der Waals surface area contributed by atoms with Gasteiger partial charge in [0.2, 0.25) is 5.95 Å². The number of hydrogen-bond acceptors (Lipinski definition) is 6. The number of anilines is 2. The van der Waals surface area contributed by atoms with E-state index >= 15 is 0 Å². The molecule has 0 bridgehead atoms. The van der Waals surface area contributed by atoms with Crippen LogP contribution in [0.4, 0.5) is 24.8 Å². The Balaban J connectivity index is 1.82. The van der Waals surface area contributed by atoms with E-state index < -0.39 is 17.8 Å². The Bertz CT molecular complexity index is 1020. The summed E-state index contributed by atoms with van der Waals surface area (Å²) < 4.78 is 38.5. The highest BCUT2D eigenvalue weighted by atomic mass is 19.4. The van der Waals surface area contributed by atoms with Crippen LogP contribution in [0.3, 0.4) is 0 Å². The van der Waals surface area contributed by atoms with Crippen molar-refractivity contribution in [2.75, 3.05) is 5.32 Å². The van der Waals surface area contributed by atoms with Gasteiger partial charge in [-0.25, -0.2) is 19.9 Å². The number of rotatable bonds is 6. The molecule has 0 aliphatic carbocycles. The summed E-state index contributed by atoms with van der Waals surface area (Å²) in [4.78, 5) is 26.3. The van der Waals surface area contributed by atoms with Gasteiger partial charge >= 0.3 is 12.1 Å². The fourth-order valence-electron chi connectivity index (χ4n) is 2.58. The van der Waals surface area contributed by atoms with Crippen molar-refractivity contribution < 1.29 is 23.1 Å². The molecule has 2 N–H and O–H groups in total. The fourth-order valence-corrected chi connectivity index (χ4v) is 2.58. The van der Waals surface area contributed by atoms with Crippen LogP contribution in [0.5, 0.6) is 0 Å². The van der Waals surface area contributed by atoms with E-state index in [4.69, 9.17) is 5.11 Å². The molecular formula is C19H16F3N5O2. The van der Waals surface area contributed by atoms with E-state index in [1.807, 2.05) is 13.0 Å². The molecule has 0 aliphatic rings. The summed E-state index contributed by atoms with van der Waals surface area (Å²) in [7, 11) is 0. The lowest BCUT2D eigenvalue weighted by atomic mass is 10.1. The molecule has 3 aromatic rings. The highest BCUT2D eigenvalue weighted by molar-refractivity contribution is 5.70. The molecule has 0 saturated heterocycles. The number of aryl methyl sites for hydroxylation is 2. The van der Waals surface area contributed by atoms with Crippen LogP contribution in [0.2, 0.25) is 0 Å². The number of carboxylic acid groups (broad SMARTS) is 1. The van der Waals surface area contributed by atoms with E-state index in [2.05, 4.69) is 25.3 Å². The molecule has 0 saturated carbocycles. The number of carboxylic acids is 1. The average molecular weight is 403 g/mol. The third kappa shape index (κ3) is 5.47. The van der Waals surface area contributed by atoms with Crippen LogP contribution in [0.1, 0.15) is 23.5 Å². The molecule has 1 aromatic carbocycles. The molecule has 0 amide bonds. The van der Waals surface area contributed by atoms with Crippen molar-refractivity contribution in [3.8, 4) is 11.1 Å². The summed E-state index contributed by atoms with van der Waals surface area (Å²) in [6.07, 6.45) is -0.208. The van der Waals surface area contributed by atoms with Gasteiger partial charge in [0.05, 0.1) is 6.42 Å². The third-order valence-electron chi connectivity index (χ3n) is 3.88. The van der Waals surface area contributed by atoms with Gasteiger partial charge in [-0.15, -0.1) is 0 Å². The predicted molar refractivity (Wildman–Crippen MR) is 98.5 cm³/mol. The van der Waals surface area contributed by atoms with Crippen LogP contribution in [-0.2, 0) is 17.4 Å². The minimum absolute atomic E-state index is 0.0607. The predicted octanol–water partition coefficient (Wildman–Crippen LogP) is 4.02. The maximum Gasteiger partial charge on any atom is 0.433 e. The minimum atomic E-state index is -4.56. The standard InChI is InChI=1S/C19H16F3N5O2/c1-11-6-12(13-9-24-16(25-10-13)2-3-17(28)29)8-14(7-11)26-18-23-5-4-15(27-18)19(20,21)22/h4-10H,2-3H2,1H3,(H,28,29)(H,23,26,27). The summed E-state index contributed by atoms with van der Waals surface area (Å²) in [6.45, 7) is 1.84. The molecule has 0 radical (unpaired) electrons. The van der Waals surface area contributed by atoms with Crippen molar-refractivity contribution in [1.82, 2.24) is 19.9 Å². The van der Waals surface area contributed by atoms with Crippen molar-refractivity contribution in [2.24, 2.45) is 0 Å². The monoisotopic (exact) mass is 403 g/mol. The molecule has 0 atom stereocenters. The highest BCUT2D eigenvalue weighted by Crippen LogP contribution is 2.29. The van der Waals surface area contributed by atoms with Gasteiger partial charge in [0.1, 0.15) is 11.5 Å². The van der Waals surface area contributed by atoms with Crippen LogP contribution in [-0.4, -0.2) is 31.0 Å². The first-order valence-electron chi connectivity index (χ1n) is 8.53. The zero-order valence-electron chi connectivity index (χ0n) is 15.2. The molecule has 0 unspecified atom stereocenters. The first-order valence-corrected chi connectivity index (χ1v) is 8.53. The number of nitrogens with one attached hydrogen (secondary N) is 1. The number of alkyl halides is 3. The SMILES string of the molecule is Cc1cc(Nc2nccc(C(F)(F)F)n2)cc(-c2cnc(CCC(=O)O)nc2)c1. The molecule has 3 rings (SSSR count). The maximum atomic E-state index is 12.8. The van der Waals surface area contributed by atoms with E-state index in [0.717, 1.165) is 23.4 Å². The Kier molecular flexibility index (Phi) is 5.71. The van der Waals surface area contributed by atoms with Crippen molar-refractivity contribution in [3.05, 3.63) is 59.9 Å². The fraction of sp³-hybridized carbons (Fsp3) is 0.211. The number of hydrogen-bond donors (Lipinski definition) is 2. The van der Waals surface area contributed by atoms with Crippen LogP contribution in [0.25, 0.3) is 11.1 Å². The number of benzene rings is 1. The Morgan fingerprint density at radius 3 is 2.48 bits per heavy atom. The number of nitrogens with zero attached hydrogens (tertiary/aromatic N) is 4. The second-order valence-corrected chi connectivity index (χ2v) is 6.26. The maximum absolute atomic E-state index is 12.8. The summed E-state index contributed by atoms with van der Waals surface area (Å²) in [5.74, 6) is -0.681. The van der Waals surface area contributed by atoms with E-state index in [-0.39, 0.29) is 18.8 Å². The van der Waals surface area contributed by atoms with Crippen LogP contribution in [0, 0.1) is 6.92 Å². The van der Waals surface area contributed by atoms with Crippen molar-refractivity contribution in [2.45, 2.75) is 25.9 Å². The zero-order chi connectivity index (χ0) is 21.0. The summed E-state index contributed by atoms with van der Waals surface area (Å²) in [5.41, 5.74) is 1.75. The Hall–Kier alpha value is -3.56. The Morgan fingerprint density at radius 1 is 1.10 bits per heavy atom. The molecule has 150 valence electrons. The molecule has 2 heterocycles. The summed E-state index contributed by atoms with van der Waals surface area (Å²) >= 11 is 0.